The molecule has 5 nitrogen and oxygen atoms in total. The number of carbonyl (C=O) groups excluding carboxylic acids is 2. The third kappa shape index (κ3) is 4.45. The van der Waals surface area contributed by atoms with E-state index >= 15 is 0 Å². The van der Waals surface area contributed by atoms with Crippen LogP contribution in [0.3, 0.4) is 0 Å². The zero-order chi connectivity index (χ0) is 18.5. The largest absolute Gasteiger partial charge is 0.326 e. The number of hydrogen-bond donors (Lipinski definition) is 1. The molecule has 1 fully saturated rings. The maximum absolute atomic E-state index is 12.6. The number of amidine groups is 1. The average molecular weight is 388 g/mol. The second kappa shape index (κ2) is 8.38. The Kier molecular flexibility index (Phi) is 5.96. The van der Waals surface area contributed by atoms with E-state index in [1.807, 2.05) is 37.3 Å². The van der Waals surface area contributed by atoms with Gasteiger partial charge in [0.05, 0.1) is 5.69 Å². The summed E-state index contributed by atoms with van der Waals surface area (Å²) in [6.07, 6.45) is 0.0937. The van der Waals surface area contributed by atoms with Crippen LogP contribution in [0.1, 0.15) is 13.3 Å². The van der Waals surface area contributed by atoms with Gasteiger partial charge in [0.25, 0.3) is 0 Å². The van der Waals surface area contributed by atoms with E-state index in [9.17, 15) is 9.59 Å². The number of hydrogen-bond acceptors (Lipinski definition) is 4. The van der Waals surface area contributed by atoms with Crippen LogP contribution in [-0.2, 0) is 9.59 Å². The first-order chi connectivity index (χ1) is 12.6. The molecule has 0 spiro atoms. The number of rotatable bonds is 5. The third-order valence-electron chi connectivity index (χ3n) is 3.82. The van der Waals surface area contributed by atoms with Crippen molar-refractivity contribution in [3.8, 4) is 0 Å². The van der Waals surface area contributed by atoms with E-state index in [1.54, 1.807) is 29.2 Å². The van der Waals surface area contributed by atoms with E-state index in [4.69, 9.17) is 11.6 Å². The fourth-order valence-corrected chi connectivity index (χ4v) is 3.89. The van der Waals surface area contributed by atoms with Crippen molar-refractivity contribution in [2.24, 2.45) is 4.99 Å². The molecule has 1 aliphatic heterocycles. The van der Waals surface area contributed by atoms with Gasteiger partial charge in [-0.25, -0.2) is 4.99 Å². The van der Waals surface area contributed by atoms with Gasteiger partial charge in [-0.05, 0) is 43.3 Å². The number of halogens is 1. The molecule has 0 aromatic heterocycles. The van der Waals surface area contributed by atoms with Crippen molar-refractivity contribution in [2.45, 2.75) is 18.6 Å². The quantitative estimate of drug-likeness (QED) is 0.831. The number of benzene rings is 2. The Hall–Kier alpha value is -2.31. The number of amides is 2. The van der Waals surface area contributed by atoms with Gasteiger partial charge in [0, 0.05) is 23.7 Å². The molecular weight excluding hydrogens is 370 g/mol. The monoisotopic (exact) mass is 387 g/mol. The summed E-state index contributed by atoms with van der Waals surface area (Å²) in [6.45, 7) is 2.42. The molecule has 7 heteroatoms. The second-order valence-corrected chi connectivity index (χ2v) is 7.28. The lowest BCUT2D eigenvalue weighted by atomic mass is 10.2. The Morgan fingerprint density at radius 3 is 2.54 bits per heavy atom. The number of nitrogens with one attached hydrogen (secondary N) is 1. The zero-order valence-corrected chi connectivity index (χ0v) is 15.8. The minimum absolute atomic E-state index is 0.0848. The van der Waals surface area contributed by atoms with E-state index in [1.165, 1.54) is 11.8 Å². The number of thioether (sulfide) groups is 1. The molecule has 1 N–H and O–H groups in total. The summed E-state index contributed by atoms with van der Waals surface area (Å²) in [5.41, 5.74) is 1.44. The van der Waals surface area contributed by atoms with Gasteiger partial charge in [0.2, 0.25) is 11.8 Å². The maximum Gasteiger partial charge on any atom is 0.242 e. The van der Waals surface area contributed by atoms with E-state index < -0.39 is 5.25 Å². The molecule has 1 heterocycles. The average Bonchev–Trinajstić information content (AvgIpc) is 2.92. The first kappa shape index (κ1) is 18.5. The minimum atomic E-state index is -0.468. The van der Waals surface area contributed by atoms with Crippen LogP contribution in [0.15, 0.2) is 59.6 Å². The molecule has 1 aliphatic rings. The van der Waals surface area contributed by atoms with Crippen LogP contribution >= 0.6 is 23.4 Å². The number of carbonyl (C=O) groups is 2. The summed E-state index contributed by atoms with van der Waals surface area (Å²) in [4.78, 5) is 31.1. The van der Waals surface area contributed by atoms with Crippen molar-refractivity contribution in [1.29, 1.82) is 0 Å². The number of anilines is 1. The van der Waals surface area contributed by atoms with E-state index in [0.29, 0.717) is 22.4 Å². The fourth-order valence-electron chi connectivity index (χ4n) is 2.54. The van der Waals surface area contributed by atoms with Crippen LogP contribution in [0.5, 0.6) is 0 Å². The number of para-hydroxylation sites is 1. The predicted molar refractivity (Wildman–Crippen MR) is 107 cm³/mol. The molecule has 2 aromatic rings. The topological polar surface area (TPSA) is 61.8 Å². The van der Waals surface area contributed by atoms with E-state index in [0.717, 1.165) is 5.69 Å². The van der Waals surface area contributed by atoms with Gasteiger partial charge in [0.1, 0.15) is 5.25 Å². The summed E-state index contributed by atoms with van der Waals surface area (Å²) in [6, 6.07) is 16.3. The van der Waals surface area contributed by atoms with Gasteiger partial charge in [0.15, 0.2) is 5.17 Å². The number of nitrogens with zero attached hydrogens (tertiary/aromatic N) is 2. The lowest BCUT2D eigenvalue weighted by Gasteiger charge is -2.13. The molecule has 0 radical (unpaired) electrons. The standard InChI is InChI=1S/C19H18ClN3O2S/c1-2-23-18(25)16(26-19(23)22-14-6-4-3-5-7-14)12-17(24)21-15-10-8-13(20)9-11-15/h3-11,16H,2,12H2,1H3,(H,21,24). The fraction of sp³-hybridized carbons (Fsp3) is 0.211. The minimum Gasteiger partial charge on any atom is -0.326 e. The Morgan fingerprint density at radius 2 is 1.88 bits per heavy atom. The highest BCUT2D eigenvalue weighted by atomic mass is 35.5. The lowest BCUT2D eigenvalue weighted by molar-refractivity contribution is -0.128. The predicted octanol–water partition coefficient (Wildman–Crippen LogP) is 4.32. The Morgan fingerprint density at radius 1 is 1.19 bits per heavy atom. The Balaban J connectivity index is 1.68. The molecule has 1 unspecified atom stereocenters. The second-order valence-electron chi connectivity index (χ2n) is 5.68. The first-order valence-electron chi connectivity index (χ1n) is 8.24. The highest BCUT2D eigenvalue weighted by molar-refractivity contribution is 8.15. The van der Waals surface area contributed by atoms with Crippen molar-refractivity contribution >= 4 is 51.7 Å². The summed E-state index contributed by atoms with van der Waals surface area (Å²) in [5.74, 6) is -0.298. The van der Waals surface area contributed by atoms with Crippen LogP contribution in [-0.4, -0.2) is 33.7 Å². The van der Waals surface area contributed by atoms with Crippen LogP contribution in [0.2, 0.25) is 5.02 Å². The maximum atomic E-state index is 12.6. The van der Waals surface area contributed by atoms with Crippen LogP contribution < -0.4 is 5.32 Å². The first-order valence-corrected chi connectivity index (χ1v) is 9.49. The van der Waals surface area contributed by atoms with Gasteiger partial charge in [-0.1, -0.05) is 41.6 Å². The summed E-state index contributed by atoms with van der Waals surface area (Å²) < 4.78 is 0. The van der Waals surface area contributed by atoms with E-state index in [2.05, 4.69) is 10.3 Å². The third-order valence-corrected chi connectivity index (χ3v) is 5.24. The molecule has 3 rings (SSSR count). The lowest BCUT2D eigenvalue weighted by Crippen LogP contribution is -2.33. The van der Waals surface area contributed by atoms with Crippen molar-refractivity contribution in [3.63, 3.8) is 0 Å². The van der Waals surface area contributed by atoms with Gasteiger partial charge < -0.3 is 5.32 Å². The van der Waals surface area contributed by atoms with Crippen LogP contribution in [0.25, 0.3) is 0 Å². The SMILES string of the molecule is CCN1C(=O)C(CC(=O)Nc2ccc(Cl)cc2)SC1=Nc1ccccc1. The molecule has 2 aromatic carbocycles. The molecule has 0 saturated carbocycles. The van der Waals surface area contributed by atoms with Gasteiger partial charge in [-0.3, -0.25) is 14.5 Å². The van der Waals surface area contributed by atoms with Crippen LogP contribution in [0, 0.1) is 0 Å². The summed E-state index contributed by atoms with van der Waals surface area (Å²) >= 11 is 7.17. The smallest absolute Gasteiger partial charge is 0.242 e. The molecule has 0 bridgehead atoms. The molecule has 1 atom stereocenters. The summed E-state index contributed by atoms with van der Waals surface area (Å²) in [7, 11) is 0. The normalized spacial score (nSPS) is 18.4. The van der Waals surface area contributed by atoms with Gasteiger partial charge in [-0.15, -0.1) is 0 Å². The Labute approximate surface area is 161 Å². The van der Waals surface area contributed by atoms with Crippen molar-refractivity contribution < 1.29 is 9.59 Å². The molecule has 134 valence electrons. The van der Waals surface area contributed by atoms with Crippen molar-refractivity contribution in [1.82, 2.24) is 4.90 Å². The van der Waals surface area contributed by atoms with Gasteiger partial charge in [-0.2, -0.15) is 0 Å². The highest BCUT2D eigenvalue weighted by Gasteiger charge is 2.38. The van der Waals surface area contributed by atoms with Crippen LogP contribution in [0.4, 0.5) is 11.4 Å². The molecule has 0 aliphatic carbocycles. The molecular formula is C19H18ClN3O2S. The number of aliphatic imine (C=N–C) groups is 1. The highest BCUT2D eigenvalue weighted by Crippen LogP contribution is 2.31. The van der Waals surface area contributed by atoms with Gasteiger partial charge >= 0.3 is 0 Å². The van der Waals surface area contributed by atoms with Crippen molar-refractivity contribution in [2.75, 3.05) is 11.9 Å². The molecule has 1 saturated heterocycles. The molecule has 2 amide bonds. The summed E-state index contributed by atoms with van der Waals surface area (Å²) in [5, 5.41) is 3.56. The van der Waals surface area contributed by atoms with Crippen molar-refractivity contribution in [3.05, 3.63) is 59.6 Å². The van der Waals surface area contributed by atoms with E-state index in [-0.39, 0.29) is 18.2 Å². The Bertz CT molecular complexity index is 824. The molecule has 26 heavy (non-hydrogen) atoms. The zero-order valence-electron chi connectivity index (χ0n) is 14.2.